The maximum absolute atomic E-state index is 12.6. The van der Waals surface area contributed by atoms with Gasteiger partial charge in [-0.3, -0.25) is 4.79 Å². The van der Waals surface area contributed by atoms with Crippen molar-refractivity contribution < 1.29 is 13.2 Å². The van der Waals surface area contributed by atoms with Crippen LogP contribution in [0.3, 0.4) is 0 Å². The van der Waals surface area contributed by atoms with Crippen molar-refractivity contribution in [1.29, 1.82) is 0 Å². The fourth-order valence-electron chi connectivity index (χ4n) is 3.60. The zero-order valence-corrected chi connectivity index (χ0v) is 19.2. The normalized spacial score (nSPS) is 19.0. The summed E-state index contributed by atoms with van der Waals surface area (Å²) < 4.78 is 27.8. The molecule has 6 nitrogen and oxygen atoms in total. The molecule has 1 fully saturated rings. The van der Waals surface area contributed by atoms with Gasteiger partial charge in [-0.1, -0.05) is 24.6 Å². The first kappa shape index (κ1) is 24.2. The largest absolute Gasteiger partial charge is 0.355 e. The van der Waals surface area contributed by atoms with E-state index in [9.17, 15) is 13.2 Å². The van der Waals surface area contributed by atoms with E-state index in [0.717, 1.165) is 19.4 Å². The first-order chi connectivity index (χ1) is 13.9. The van der Waals surface area contributed by atoms with Crippen LogP contribution in [0, 0.1) is 0 Å². The summed E-state index contributed by atoms with van der Waals surface area (Å²) in [7, 11) is -3.72. The number of piperidine rings is 1. The molecule has 2 N–H and O–H groups in total. The molecule has 0 aliphatic carbocycles. The number of hydrogen-bond acceptors (Lipinski definition) is 5. The van der Waals surface area contributed by atoms with Crippen LogP contribution in [0.1, 0.15) is 45.4 Å². The second-order valence-corrected chi connectivity index (χ2v) is 10.3. The van der Waals surface area contributed by atoms with Gasteiger partial charge in [0.2, 0.25) is 15.9 Å². The Hall–Kier alpha value is -1.09. The predicted octanol–water partition coefficient (Wildman–Crippen LogP) is 2.86. The summed E-state index contributed by atoms with van der Waals surface area (Å²) in [5.74, 6) is 0.465. The molecule has 1 aliphatic rings. The molecule has 1 aliphatic heterocycles. The summed E-state index contributed by atoms with van der Waals surface area (Å²) >= 11 is 1.60. The summed E-state index contributed by atoms with van der Waals surface area (Å²) in [5.41, 5.74) is 0. The predicted molar refractivity (Wildman–Crippen MR) is 121 cm³/mol. The molecule has 1 aromatic rings. The fourth-order valence-corrected chi connectivity index (χ4v) is 5.32. The van der Waals surface area contributed by atoms with Gasteiger partial charge in [0.05, 0.1) is 4.90 Å². The summed E-state index contributed by atoms with van der Waals surface area (Å²) in [6.45, 7) is 5.10. The van der Waals surface area contributed by atoms with Crippen molar-refractivity contribution in [3.8, 4) is 0 Å². The molecule has 164 valence electrons. The lowest BCUT2D eigenvalue weighted by Crippen LogP contribution is -2.47. The maximum atomic E-state index is 12.6. The van der Waals surface area contributed by atoms with E-state index in [1.807, 2.05) is 6.26 Å². The molecule has 2 atom stereocenters. The van der Waals surface area contributed by atoms with Crippen LogP contribution in [0.25, 0.3) is 0 Å². The fraction of sp³-hybridized carbons (Fsp3) is 0.667. The van der Waals surface area contributed by atoms with Crippen LogP contribution >= 0.6 is 11.8 Å². The highest BCUT2D eigenvalue weighted by Crippen LogP contribution is 2.16. The van der Waals surface area contributed by atoms with E-state index in [-0.39, 0.29) is 10.8 Å². The Morgan fingerprint density at radius 2 is 2.00 bits per heavy atom. The number of amides is 1. The molecule has 1 amide bonds. The van der Waals surface area contributed by atoms with Crippen molar-refractivity contribution in [2.45, 2.75) is 62.4 Å². The van der Waals surface area contributed by atoms with Gasteiger partial charge < -0.3 is 10.2 Å². The van der Waals surface area contributed by atoms with Crippen LogP contribution in [0.15, 0.2) is 35.2 Å². The maximum Gasteiger partial charge on any atom is 0.241 e. The van der Waals surface area contributed by atoms with E-state index in [4.69, 9.17) is 0 Å². The number of rotatable bonds is 12. The number of hydrogen-bond donors (Lipinski definition) is 2. The van der Waals surface area contributed by atoms with Crippen molar-refractivity contribution in [3.63, 3.8) is 0 Å². The van der Waals surface area contributed by atoms with Crippen LogP contribution in [0.2, 0.25) is 0 Å². The molecule has 0 saturated carbocycles. The Balaban J connectivity index is 1.80. The van der Waals surface area contributed by atoms with Gasteiger partial charge in [-0.25, -0.2) is 8.42 Å². The van der Waals surface area contributed by atoms with E-state index in [2.05, 4.69) is 21.9 Å². The van der Waals surface area contributed by atoms with Gasteiger partial charge in [0.25, 0.3) is 0 Å². The highest BCUT2D eigenvalue weighted by atomic mass is 32.2. The van der Waals surface area contributed by atoms with Crippen molar-refractivity contribution in [3.05, 3.63) is 30.3 Å². The Bertz CT molecular complexity index is 713. The summed E-state index contributed by atoms with van der Waals surface area (Å²) in [6.07, 6.45) is 8.22. The summed E-state index contributed by atoms with van der Waals surface area (Å²) in [5, 5.41) is 2.92. The molecule has 0 bridgehead atoms. The lowest BCUT2D eigenvalue weighted by molar-refractivity contribution is -0.122. The molecule has 1 aromatic carbocycles. The van der Waals surface area contributed by atoms with Gasteiger partial charge in [-0.15, -0.1) is 0 Å². The number of nitrogens with zero attached hydrogens (tertiary/aromatic N) is 1. The van der Waals surface area contributed by atoms with Crippen LogP contribution in [-0.2, 0) is 14.8 Å². The molecule has 1 heterocycles. The molecule has 0 aromatic heterocycles. The number of unbranched alkanes of at least 4 members (excludes halogenated alkanes) is 1. The molecule has 29 heavy (non-hydrogen) atoms. The van der Waals surface area contributed by atoms with Gasteiger partial charge >= 0.3 is 0 Å². The van der Waals surface area contributed by atoms with E-state index in [1.54, 1.807) is 30.0 Å². The Morgan fingerprint density at radius 3 is 2.69 bits per heavy atom. The molecule has 1 saturated heterocycles. The number of benzene rings is 1. The quantitative estimate of drug-likeness (QED) is 0.488. The first-order valence-electron chi connectivity index (χ1n) is 10.5. The van der Waals surface area contributed by atoms with Crippen molar-refractivity contribution >= 4 is 27.7 Å². The molecular formula is C21H35N3O3S2. The van der Waals surface area contributed by atoms with Gasteiger partial charge in [-0.2, -0.15) is 16.5 Å². The zero-order valence-electron chi connectivity index (χ0n) is 17.6. The highest BCUT2D eigenvalue weighted by molar-refractivity contribution is 7.98. The van der Waals surface area contributed by atoms with Gasteiger partial charge in [0.15, 0.2) is 0 Å². The molecule has 8 heteroatoms. The second kappa shape index (κ2) is 12.6. The Kier molecular flexibility index (Phi) is 10.5. The van der Waals surface area contributed by atoms with Crippen LogP contribution in [0.5, 0.6) is 0 Å². The molecular weight excluding hydrogens is 406 g/mol. The van der Waals surface area contributed by atoms with Crippen molar-refractivity contribution in [2.75, 3.05) is 31.6 Å². The molecule has 2 rings (SSSR count). The summed E-state index contributed by atoms with van der Waals surface area (Å²) in [6, 6.07) is 8.09. The average Bonchev–Trinajstić information content (AvgIpc) is 2.72. The first-order valence-corrected chi connectivity index (χ1v) is 13.4. The smallest absolute Gasteiger partial charge is 0.241 e. The topological polar surface area (TPSA) is 78.5 Å². The monoisotopic (exact) mass is 441 g/mol. The minimum atomic E-state index is -3.72. The van der Waals surface area contributed by atoms with E-state index in [1.165, 1.54) is 37.9 Å². The number of carbonyl (C=O) groups is 1. The third-order valence-corrected chi connectivity index (χ3v) is 7.52. The highest BCUT2D eigenvalue weighted by Gasteiger charge is 2.25. The van der Waals surface area contributed by atoms with E-state index in [0.29, 0.717) is 24.8 Å². The minimum absolute atomic E-state index is 0.178. The van der Waals surface area contributed by atoms with E-state index < -0.39 is 16.1 Å². The SMILES string of the molecule is CSCCC(NS(=O)(=O)c1ccccc1)C(=O)NCCCCN1CCCCC1C. The minimum Gasteiger partial charge on any atom is -0.355 e. The molecule has 0 radical (unpaired) electrons. The number of thioether (sulfide) groups is 1. The van der Waals surface area contributed by atoms with Crippen molar-refractivity contribution in [1.82, 2.24) is 14.9 Å². The Labute approximate surface area is 180 Å². The average molecular weight is 442 g/mol. The number of carbonyl (C=O) groups excluding carboxylic acids is 1. The third-order valence-electron chi connectivity index (χ3n) is 5.39. The third kappa shape index (κ3) is 8.28. The molecule has 0 spiro atoms. The second-order valence-electron chi connectivity index (χ2n) is 7.65. The molecule has 2 unspecified atom stereocenters. The Morgan fingerprint density at radius 1 is 1.24 bits per heavy atom. The van der Waals surface area contributed by atoms with Gasteiger partial charge in [0.1, 0.15) is 6.04 Å². The van der Waals surface area contributed by atoms with E-state index >= 15 is 0 Å². The summed E-state index contributed by atoms with van der Waals surface area (Å²) in [4.78, 5) is 15.3. The van der Waals surface area contributed by atoms with Crippen LogP contribution in [0.4, 0.5) is 0 Å². The van der Waals surface area contributed by atoms with Crippen molar-refractivity contribution in [2.24, 2.45) is 0 Å². The number of likely N-dealkylation sites (tertiary alicyclic amines) is 1. The number of nitrogens with one attached hydrogen (secondary N) is 2. The van der Waals surface area contributed by atoms with Gasteiger partial charge in [0, 0.05) is 12.6 Å². The lowest BCUT2D eigenvalue weighted by Gasteiger charge is -2.33. The van der Waals surface area contributed by atoms with Gasteiger partial charge in [-0.05, 0) is 76.3 Å². The zero-order chi connectivity index (χ0) is 21.1. The lowest BCUT2D eigenvalue weighted by atomic mass is 10.0. The van der Waals surface area contributed by atoms with Crippen LogP contribution in [-0.4, -0.2) is 63.0 Å². The standard InChI is InChI=1S/C21H35N3O3S2/c1-18-10-6-8-15-24(18)16-9-7-14-22-21(25)20(13-17-28-2)23-29(26,27)19-11-4-3-5-12-19/h3-5,11-12,18,20,23H,6-10,13-17H2,1-2H3,(H,22,25). The van der Waals surface area contributed by atoms with Crippen LogP contribution < -0.4 is 10.0 Å². The number of sulfonamides is 1.